The molecule has 0 amide bonds. The van der Waals surface area contributed by atoms with Crippen LogP contribution in [0, 0.1) is 0 Å². The molecule has 4 rings (SSSR count). The standard InChI is InChI=1S/C16H20N6/c1-2-4-14-13(3-1)21-16(20-12-5-7-17-8-6-12)22(14)11-15-18-9-10-19-15/h1-4,9-10,12,17H,5-8,11H2,(H,18,19)(H,20,21). The molecule has 22 heavy (non-hydrogen) atoms. The molecule has 0 radical (unpaired) electrons. The highest BCUT2D eigenvalue weighted by Gasteiger charge is 2.17. The first-order valence-electron chi connectivity index (χ1n) is 7.81. The number of anilines is 1. The number of H-pyrrole nitrogens is 1. The zero-order valence-corrected chi connectivity index (χ0v) is 12.4. The molecule has 0 unspecified atom stereocenters. The number of piperidine rings is 1. The van der Waals surface area contributed by atoms with Crippen molar-refractivity contribution < 1.29 is 0 Å². The van der Waals surface area contributed by atoms with Gasteiger partial charge in [0.25, 0.3) is 0 Å². The quantitative estimate of drug-likeness (QED) is 0.688. The van der Waals surface area contributed by atoms with Crippen molar-refractivity contribution in [1.29, 1.82) is 0 Å². The molecule has 1 aliphatic heterocycles. The van der Waals surface area contributed by atoms with E-state index in [-0.39, 0.29) is 0 Å². The fourth-order valence-electron chi connectivity index (χ4n) is 3.03. The molecule has 1 aliphatic rings. The normalized spacial score (nSPS) is 16.2. The molecular weight excluding hydrogens is 276 g/mol. The first-order valence-corrected chi connectivity index (χ1v) is 7.81. The maximum atomic E-state index is 4.78. The summed E-state index contributed by atoms with van der Waals surface area (Å²) in [5.74, 6) is 1.88. The van der Waals surface area contributed by atoms with Gasteiger partial charge in [0.15, 0.2) is 0 Å². The SMILES string of the molecule is c1ccc2c(c1)nc(NC1CCNCC1)n2Cc1ncc[nH]1. The first-order chi connectivity index (χ1) is 10.9. The van der Waals surface area contributed by atoms with Gasteiger partial charge in [-0.2, -0.15) is 0 Å². The number of rotatable bonds is 4. The van der Waals surface area contributed by atoms with Gasteiger partial charge in [-0.1, -0.05) is 12.1 Å². The fraction of sp³-hybridized carbons (Fsp3) is 0.375. The summed E-state index contributed by atoms with van der Waals surface area (Å²) in [6.07, 6.45) is 5.90. The predicted octanol–water partition coefficient (Wildman–Crippen LogP) is 1.97. The van der Waals surface area contributed by atoms with Crippen LogP contribution in [0.4, 0.5) is 5.95 Å². The van der Waals surface area contributed by atoms with E-state index in [9.17, 15) is 0 Å². The Labute approximate surface area is 129 Å². The summed E-state index contributed by atoms with van der Waals surface area (Å²) in [4.78, 5) is 12.3. The maximum Gasteiger partial charge on any atom is 0.204 e. The summed E-state index contributed by atoms with van der Waals surface area (Å²) in [5, 5.41) is 7.02. The molecule has 0 saturated carbocycles. The van der Waals surface area contributed by atoms with Crippen LogP contribution in [0.25, 0.3) is 11.0 Å². The van der Waals surface area contributed by atoms with Gasteiger partial charge in [-0.15, -0.1) is 0 Å². The minimum absolute atomic E-state index is 0.480. The lowest BCUT2D eigenvalue weighted by atomic mass is 10.1. The third kappa shape index (κ3) is 2.57. The molecule has 0 bridgehead atoms. The van der Waals surface area contributed by atoms with Crippen molar-refractivity contribution >= 4 is 17.0 Å². The van der Waals surface area contributed by atoms with Gasteiger partial charge in [-0.3, -0.25) is 0 Å². The summed E-state index contributed by atoms with van der Waals surface area (Å²) in [6.45, 7) is 2.83. The first kappa shape index (κ1) is 13.3. The van der Waals surface area contributed by atoms with Gasteiger partial charge in [0.1, 0.15) is 5.82 Å². The third-order valence-electron chi connectivity index (χ3n) is 4.19. The van der Waals surface area contributed by atoms with Gasteiger partial charge < -0.3 is 20.2 Å². The molecule has 1 fully saturated rings. The van der Waals surface area contributed by atoms with Gasteiger partial charge in [0, 0.05) is 18.4 Å². The molecule has 1 aromatic carbocycles. The second-order valence-corrected chi connectivity index (χ2v) is 5.71. The molecule has 0 spiro atoms. The number of hydrogen-bond acceptors (Lipinski definition) is 4. The van der Waals surface area contributed by atoms with E-state index in [1.54, 1.807) is 6.20 Å². The second-order valence-electron chi connectivity index (χ2n) is 5.71. The largest absolute Gasteiger partial charge is 0.353 e. The number of benzene rings is 1. The van der Waals surface area contributed by atoms with Gasteiger partial charge in [-0.25, -0.2) is 9.97 Å². The highest BCUT2D eigenvalue weighted by Crippen LogP contribution is 2.22. The Morgan fingerprint density at radius 2 is 2.09 bits per heavy atom. The Hall–Kier alpha value is -2.34. The average Bonchev–Trinajstić information content (AvgIpc) is 3.18. The topological polar surface area (TPSA) is 70.6 Å². The summed E-state index contributed by atoms with van der Waals surface area (Å²) in [5.41, 5.74) is 2.15. The van der Waals surface area contributed by atoms with E-state index in [4.69, 9.17) is 4.98 Å². The maximum absolute atomic E-state index is 4.78. The fourth-order valence-corrected chi connectivity index (χ4v) is 3.03. The Bertz CT molecular complexity index is 739. The Balaban J connectivity index is 1.69. The summed E-state index contributed by atoms with van der Waals surface area (Å²) in [7, 11) is 0. The molecule has 1 saturated heterocycles. The van der Waals surface area contributed by atoms with Crippen molar-refractivity contribution in [3.63, 3.8) is 0 Å². The number of nitrogens with zero attached hydrogens (tertiary/aromatic N) is 3. The van der Waals surface area contributed by atoms with Crippen LogP contribution in [0.1, 0.15) is 18.7 Å². The number of aromatic amines is 1. The number of imidazole rings is 2. The van der Waals surface area contributed by atoms with E-state index in [0.717, 1.165) is 48.7 Å². The van der Waals surface area contributed by atoms with E-state index in [1.165, 1.54) is 0 Å². The smallest absolute Gasteiger partial charge is 0.204 e. The van der Waals surface area contributed by atoms with E-state index in [1.807, 2.05) is 12.3 Å². The molecule has 0 atom stereocenters. The van der Waals surface area contributed by atoms with Crippen LogP contribution >= 0.6 is 0 Å². The molecule has 6 nitrogen and oxygen atoms in total. The molecular formula is C16H20N6. The zero-order valence-electron chi connectivity index (χ0n) is 12.4. The van der Waals surface area contributed by atoms with Gasteiger partial charge in [0.2, 0.25) is 5.95 Å². The van der Waals surface area contributed by atoms with Crippen LogP contribution < -0.4 is 10.6 Å². The Morgan fingerprint density at radius 1 is 1.23 bits per heavy atom. The van der Waals surface area contributed by atoms with E-state index in [2.05, 4.69) is 43.4 Å². The Morgan fingerprint density at radius 3 is 2.91 bits per heavy atom. The van der Waals surface area contributed by atoms with Crippen molar-refractivity contribution in [3.8, 4) is 0 Å². The zero-order chi connectivity index (χ0) is 14.8. The molecule has 3 aromatic rings. The molecule has 114 valence electrons. The van der Waals surface area contributed by atoms with Gasteiger partial charge >= 0.3 is 0 Å². The number of para-hydroxylation sites is 2. The highest BCUT2D eigenvalue weighted by molar-refractivity contribution is 5.78. The van der Waals surface area contributed by atoms with Crippen LogP contribution in [0.5, 0.6) is 0 Å². The minimum atomic E-state index is 0.480. The van der Waals surface area contributed by atoms with Crippen LogP contribution in [0.2, 0.25) is 0 Å². The molecule has 6 heteroatoms. The average molecular weight is 296 g/mol. The number of hydrogen-bond donors (Lipinski definition) is 3. The van der Waals surface area contributed by atoms with Crippen molar-refractivity contribution in [2.45, 2.75) is 25.4 Å². The highest BCUT2D eigenvalue weighted by atomic mass is 15.2. The summed E-state index contributed by atoms with van der Waals surface area (Å²) >= 11 is 0. The monoisotopic (exact) mass is 296 g/mol. The molecule has 3 heterocycles. The second kappa shape index (κ2) is 5.81. The Kier molecular flexibility index (Phi) is 3.52. The third-order valence-corrected chi connectivity index (χ3v) is 4.19. The van der Waals surface area contributed by atoms with E-state index < -0.39 is 0 Å². The van der Waals surface area contributed by atoms with Crippen molar-refractivity contribution in [2.24, 2.45) is 0 Å². The number of fused-ring (bicyclic) bond motifs is 1. The molecule has 2 aromatic heterocycles. The number of aromatic nitrogens is 4. The molecule has 0 aliphatic carbocycles. The predicted molar refractivity (Wildman–Crippen MR) is 86.9 cm³/mol. The van der Waals surface area contributed by atoms with E-state index >= 15 is 0 Å². The van der Waals surface area contributed by atoms with Crippen molar-refractivity contribution in [3.05, 3.63) is 42.5 Å². The number of nitrogens with one attached hydrogen (secondary N) is 3. The van der Waals surface area contributed by atoms with Gasteiger partial charge in [0.05, 0.1) is 17.6 Å². The van der Waals surface area contributed by atoms with Crippen LogP contribution in [-0.4, -0.2) is 38.7 Å². The van der Waals surface area contributed by atoms with Crippen molar-refractivity contribution in [2.75, 3.05) is 18.4 Å². The van der Waals surface area contributed by atoms with E-state index in [0.29, 0.717) is 12.6 Å². The summed E-state index contributed by atoms with van der Waals surface area (Å²) < 4.78 is 2.20. The van der Waals surface area contributed by atoms with Crippen LogP contribution in [0.15, 0.2) is 36.7 Å². The lowest BCUT2D eigenvalue weighted by molar-refractivity contribution is 0.475. The lowest BCUT2D eigenvalue weighted by Crippen LogP contribution is -2.36. The summed E-state index contributed by atoms with van der Waals surface area (Å²) in [6, 6.07) is 8.73. The van der Waals surface area contributed by atoms with Crippen molar-refractivity contribution in [1.82, 2.24) is 24.8 Å². The molecule has 3 N–H and O–H groups in total. The van der Waals surface area contributed by atoms with Gasteiger partial charge in [-0.05, 0) is 38.1 Å². The minimum Gasteiger partial charge on any atom is -0.353 e. The van der Waals surface area contributed by atoms with Crippen LogP contribution in [0.3, 0.4) is 0 Å². The lowest BCUT2D eigenvalue weighted by Gasteiger charge is -2.24. The van der Waals surface area contributed by atoms with Crippen LogP contribution in [-0.2, 0) is 6.54 Å².